The van der Waals surface area contributed by atoms with Crippen molar-refractivity contribution in [3.63, 3.8) is 0 Å². The minimum absolute atomic E-state index is 0. The molecule has 0 fully saturated rings. The Kier molecular flexibility index (Phi) is 8.73. The van der Waals surface area contributed by atoms with Gasteiger partial charge in [-0.3, -0.25) is 0 Å². The molecule has 0 amide bonds. The van der Waals surface area contributed by atoms with Gasteiger partial charge in [-0.1, -0.05) is 72.0 Å². The minimum atomic E-state index is -0.963. The molecule has 0 heterocycles. The Hall–Kier alpha value is -0.110. The van der Waals surface area contributed by atoms with Crippen LogP contribution in [0, 0.1) is 0 Å². The van der Waals surface area contributed by atoms with Gasteiger partial charge < -0.3 is 24.8 Å². The van der Waals surface area contributed by atoms with Gasteiger partial charge in [0.25, 0.3) is 0 Å². The summed E-state index contributed by atoms with van der Waals surface area (Å²) in [4.78, 5) is 0. The van der Waals surface area contributed by atoms with Crippen LogP contribution in [0.3, 0.4) is 0 Å². The van der Waals surface area contributed by atoms with Crippen molar-refractivity contribution in [1.82, 2.24) is 0 Å². The van der Waals surface area contributed by atoms with Gasteiger partial charge in [0.15, 0.2) is 8.11 Å². The first-order valence-corrected chi connectivity index (χ1v) is 10.1. The Balaban J connectivity index is 0.000000960. The smallest absolute Gasteiger partial charge is 1.00 e. The molecule has 24 heavy (non-hydrogen) atoms. The number of benzene rings is 2. The third kappa shape index (κ3) is 4.00. The molecule has 0 N–H and O–H groups in total. The summed E-state index contributed by atoms with van der Waals surface area (Å²) in [6.45, 7) is 0. The average Bonchev–Trinajstić information content (AvgIpc) is 3.15. The van der Waals surface area contributed by atoms with Crippen LogP contribution < -0.4 is 24.8 Å². The fourth-order valence-corrected chi connectivity index (χ4v) is 6.00. The Bertz CT molecular complexity index is 712. The summed E-state index contributed by atoms with van der Waals surface area (Å²) in [6.07, 6.45) is 7.61. The van der Waals surface area contributed by atoms with Crippen molar-refractivity contribution in [3.8, 4) is 11.1 Å². The third-order valence-electron chi connectivity index (χ3n) is 4.47. The van der Waals surface area contributed by atoms with Gasteiger partial charge in [-0.25, -0.2) is 0 Å². The fraction of sp³-hybridized carbons (Fsp3) is 0.158. The van der Waals surface area contributed by atoms with E-state index in [4.69, 9.17) is 11.1 Å². The topological polar surface area (TPSA) is 0 Å². The predicted octanol–water partition coefficient (Wildman–Crippen LogP) is -0.540. The van der Waals surface area contributed by atoms with E-state index in [2.05, 4.69) is 66.8 Å². The molecule has 0 spiro atoms. The van der Waals surface area contributed by atoms with E-state index in [0.717, 1.165) is 12.5 Å². The van der Waals surface area contributed by atoms with Gasteiger partial charge in [0.05, 0.1) is 0 Å². The van der Waals surface area contributed by atoms with E-state index in [1.165, 1.54) is 27.5 Å². The van der Waals surface area contributed by atoms with Crippen LogP contribution in [-0.2, 0) is 26.2 Å². The van der Waals surface area contributed by atoms with E-state index in [9.17, 15) is 0 Å². The summed E-state index contributed by atoms with van der Waals surface area (Å²) in [5.41, 5.74) is 5.69. The average molecular weight is 470 g/mol. The molecule has 2 aliphatic carbocycles. The molecule has 121 valence electrons. The van der Waals surface area contributed by atoms with Crippen molar-refractivity contribution in [2.45, 2.75) is 18.4 Å². The summed E-state index contributed by atoms with van der Waals surface area (Å²) >= 11 is 6.79. The minimum Gasteiger partial charge on any atom is -1.00 e. The SMILES string of the molecule is Cl[Si](CC1c2ccccc2-c2ccccc21)C1=CC=CC1.[Cl-].[Cl-].[Zr+2]. The molecule has 1 radical (unpaired) electrons. The molecule has 0 nitrogen and oxygen atoms in total. The largest absolute Gasteiger partial charge is 2.00 e. The zero-order chi connectivity index (χ0) is 14.2. The van der Waals surface area contributed by atoms with Gasteiger partial charge >= 0.3 is 26.2 Å². The van der Waals surface area contributed by atoms with E-state index in [1.54, 1.807) is 0 Å². The number of hydrogen-bond acceptors (Lipinski definition) is 0. The summed E-state index contributed by atoms with van der Waals surface area (Å²) in [5, 5.41) is 1.45. The third-order valence-corrected chi connectivity index (χ3v) is 7.49. The van der Waals surface area contributed by atoms with E-state index in [1.807, 2.05) is 0 Å². The van der Waals surface area contributed by atoms with Crippen LogP contribution in [0.1, 0.15) is 23.5 Å². The van der Waals surface area contributed by atoms with Crippen LogP contribution in [0.5, 0.6) is 0 Å². The Labute approximate surface area is 181 Å². The van der Waals surface area contributed by atoms with Crippen LogP contribution in [0.2, 0.25) is 6.04 Å². The van der Waals surface area contributed by atoms with Crippen LogP contribution in [0.15, 0.2) is 72.0 Å². The van der Waals surface area contributed by atoms with Gasteiger partial charge in [-0.2, -0.15) is 11.1 Å². The Morgan fingerprint density at radius 1 is 0.917 bits per heavy atom. The molecule has 4 rings (SSSR count). The van der Waals surface area contributed by atoms with Crippen molar-refractivity contribution in [2.75, 3.05) is 0 Å². The normalized spacial score (nSPS) is 14.2. The van der Waals surface area contributed by atoms with E-state index >= 15 is 0 Å². The van der Waals surface area contributed by atoms with Crippen LogP contribution >= 0.6 is 11.1 Å². The van der Waals surface area contributed by atoms with Crippen molar-refractivity contribution >= 4 is 19.2 Å². The molecule has 5 heteroatoms. The van der Waals surface area contributed by atoms with Crippen molar-refractivity contribution in [2.24, 2.45) is 0 Å². The summed E-state index contributed by atoms with van der Waals surface area (Å²) in [5.74, 6) is 0.463. The van der Waals surface area contributed by atoms with Gasteiger partial charge in [0.2, 0.25) is 0 Å². The second kappa shape index (κ2) is 9.55. The van der Waals surface area contributed by atoms with Gasteiger partial charge in [0, 0.05) is 5.92 Å². The summed E-state index contributed by atoms with van der Waals surface area (Å²) < 4.78 is 0. The van der Waals surface area contributed by atoms with E-state index in [0.29, 0.717) is 5.92 Å². The quantitative estimate of drug-likeness (QED) is 0.418. The first-order chi connectivity index (χ1) is 10.3. The first-order valence-electron chi connectivity index (χ1n) is 7.40. The van der Waals surface area contributed by atoms with Crippen LogP contribution in [0.4, 0.5) is 0 Å². The van der Waals surface area contributed by atoms with Gasteiger partial charge in [-0.15, -0.1) is 0 Å². The molecule has 0 unspecified atom stereocenters. The second-order valence-corrected chi connectivity index (χ2v) is 8.89. The van der Waals surface area contributed by atoms with E-state index in [-0.39, 0.29) is 51.0 Å². The molecule has 2 aromatic carbocycles. The zero-order valence-electron chi connectivity index (χ0n) is 13.0. The second-order valence-electron chi connectivity index (χ2n) is 5.66. The molecular formula is C19H16Cl3SiZr. The molecule has 0 bridgehead atoms. The molecule has 2 aliphatic rings. The van der Waals surface area contributed by atoms with Crippen molar-refractivity contribution in [3.05, 3.63) is 83.1 Å². The predicted molar refractivity (Wildman–Crippen MR) is 92.0 cm³/mol. The Morgan fingerprint density at radius 2 is 1.46 bits per heavy atom. The van der Waals surface area contributed by atoms with Gasteiger partial charge in [0.1, 0.15) is 0 Å². The number of halogens is 3. The van der Waals surface area contributed by atoms with E-state index < -0.39 is 8.11 Å². The maximum Gasteiger partial charge on any atom is 2.00 e. The van der Waals surface area contributed by atoms with Crippen molar-refractivity contribution in [1.29, 1.82) is 0 Å². The molecule has 0 saturated heterocycles. The molecule has 0 aliphatic heterocycles. The number of fused-ring (bicyclic) bond motifs is 3. The van der Waals surface area contributed by atoms with Crippen LogP contribution in [0.25, 0.3) is 11.1 Å². The maximum atomic E-state index is 6.79. The molecule has 0 saturated carbocycles. The summed E-state index contributed by atoms with van der Waals surface area (Å²) in [7, 11) is -0.963. The molecule has 0 aromatic heterocycles. The van der Waals surface area contributed by atoms with Crippen molar-refractivity contribution < 1.29 is 51.0 Å². The monoisotopic (exact) mass is 467 g/mol. The molecule has 0 atom stereocenters. The number of rotatable bonds is 3. The first kappa shape index (κ1) is 21.9. The van der Waals surface area contributed by atoms with Gasteiger partial charge in [-0.05, 0) is 34.7 Å². The fourth-order valence-electron chi connectivity index (χ4n) is 3.44. The van der Waals surface area contributed by atoms with Crippen LogP contribution in [-0.4, -0.2) is 8.11 Å². The standard InChI is InChI=1S/C19H16ClSi.2ClH.Zr/c20-21(14-7-1-2-8-14)13-19-17-11-5-3-9-15(17)16-10-4-6-12-18(16)19;;;/h1-7,9-12,19H,8,13H2;2*1H;/q;;;+2/p-2. The molecular weight excluding hydrogens is 454 g/mol. The maximum absolute atomic E-state index is 6.79. The number of allylic oxidation sites excluding steroid dienone is 4. The summed E-state index contributed by atoms with van der Waals surface area (Å²) in [6, 6.07) is 18.7. The molecule has 2 aromatic rings. The number of hydrogen-bond donors (Lipinski definition) is 0. The zero-order valence-corrected chi connectivity index (χ0v) is 18.7. The Morgan fingerprint density at radius 3 is 1.96 bits per heavy atom.